The zero-order valence-corrected chi connectivity index (χ0v) is 11.1. The van der Waals surface area contributed by atoms with Gasteiger partial charge in [-0.1, -0.05) is 30.3 Å². The van der Waals surface area contributed by atoms with Crippen molar-refractivity contribution in [2.24, 2.45) is 0 Å². The molecule has 0 saturated carbocycles. The predicted octanol–water partition coefficient (Wildman–Crippen LogP) is 0.982. The summed E-state index contributed by atoms with van der Waals surface area (Å²) in [5.74, 6) is 0. The van der Waals surface area contributed by atoms with Gasteiger partial charge < -0.3 is 9.84 Å². The quantitative estimate of drug-likeness (QED) is 0.756. The van der Waals surface area contributed by atoms with E-state index in [1.165, 1.54) is 6.42 Å². The molecule has 1 N–H and O–H groups in total. The molecule has 82 valence electrons. The SMILES string of the molecule is OC(c1ccccc1)C1([SiH3])CCCCO1. The first-order chi connectivity index (χ1) is 7.22. The lowest BCUT2D eigenvalue weighted by Crippen LogP contribution is -2.42. The highest BCUT2D eigenvalue weighted by atomic mass is 28.1. The van der Waals surface area contributed by atoms with E-state index in [1.807, 2.05) is 30.3 Å². The number of rotatable bonds is 2. The third kappa shape index (κ3) is 2.30. The number of aliphatic hydroxyl groups excluding tert-OH is 1. The Labute approximate surface area is 93.7 Å². The van der Waals surface area contributed by atoms with Crippen molar-refractivity contribution >= 4 is 10.2 Å². The first-order valence-electron chi connectivity index (χ1n) is 5.59. The second-order valence-electron chi connectivity index (χ2n) is 4.43. The molecule has 0 bridgehead atoms. The van der Waals surface area contributed by atoms with Gasteiger partial charge >= 0.3 is 0 Å². The van der Waals surface area contributed by atoms with E-state index >= 15 is 0 Å². The van der Waals surface area contributed by atoms with Crippen LogP contribution in [-0.4, -0.2) is 27.2 Å². The Morgan fingerprint density at radius 2 is 2.00 bits per heavy atom. The summed E-state index contributed by atoms with van der Waals surface area (Å²) < 4.78 is 5.79. The van der Waals surface area contributed by atoms with Crippen molar-refractivity contribution in [2.75, 3.05) is 6.61 Å². The van der Waals surface area contributed by atoms with Crippen LogP contribution in [0.15, 0.2) is 30.3 Å². The van der Waals surface area contributed by atoms with Crippen LogP contribution in [0.2, 0.25) is 0 Å². The van der Waals surface area contributed by atoms with Crippen molar-refractivity contribution in [3.63, 3.8) is 0 Å². The van der Waals surface area contributed by atoms with Gasteiger partial charge in [-0.3, -0.25) is 0 Å². The normalized spacial score (nSPS) is 28.9. The predicted molar refractivity (Wildman–Crippen MR) is 63.9 cm³/mol. The van der Waals surface area contributed by atoms with Crippen LogP contribution in [0, 0.1) is 0 Å². The summed E-state index contributed by atoms with van der Waals surface area (Å²) in [5, 5.41) is 10.0. The van der Waals surface area contributed by atoms with Gasteiger partial charge in [-0.25, -0.2) is 0 Å². The molecule has 2 nitrogen and oxygen atoms in total. The average molecular weight is 222 g/mol. The van der Waals surface area contributed by atoms with Gasteiger partial charge in [-0.2, -0.15) is 0 Å². The molecule has 1 aliphatic rings. The van der Waals surface area contributed by atoms with Crippen molar-refractivity contribution < 1.29 is 9.84 Å². The molecule has 15 heavy (non-hydrogen) atoms. The molecule has 1 aromatic rings. The van der Waals surface area contributed by atoms with Crippen molar-refractivity contribution in [2.45, 2.75) is 30.6 Å². The third-order valence-electron chi connectivity index (χ3n) is 3.19. The van der Waals surface area contributed by atoms with Gasteiger partial charge in [0.15, 0.2) is 0 Å². The maximum Gasteiger partial charge on any atom is 0.104 e. The topological polar surface area (TPSA) is 29.5 Å². The number of hydrogen-bond acceptors (Lipinski definition) is 2. The summed E-state index contributed by atoms with van der Waals surface area (Å²) >= 11 is 0. The number of hydrogen-bond donors (Lipinski definition) is 1. The van der Waals surface area contributed by atoms with Crippen molar-refractivity contribution in [3.8, 4) is 0 Å². The lowest BCUT2D eigenvalue weighted by Gasteiger charge is -2.38. The molecule has 1 aliphatic heterocycles. The maximum absolute atomic E-state index is 10.3. The van der Waals surface area contributed by atoms with E-state index < -0.39 is 6.10 Å². The Bertz CT molecular complexity index is 307. The van der Waals surface area contributed by atoms with Gasteiger partial charge in [0, 0.05) is 16.8 Å². The van der Waals surface area contributed by atoms with E-state index in [9.17, 15) is 5.11 Å². The Balaban J connectivity index is 2.16. The molecule has 1 fully saturated rings. The summed E-state index contributed by atoms with van der Waals surface area (Å²) in [6.45, 7) is 0.799. The number of ether oxygens (including phenoxy) is 1. The first kappa shape index (κ1) is 10.9. The van der Waals surface area contributed by atoms with E-state index in [0.717, 1.165) is 35.3 Å². The molecule has 2 rings (SSSR count). The van der Waals surface area contributed by atoms with E-state index in [1.54, 1.807) is 0 Å². The van der Waals surface area contributed by atoms with Gasteiger partial charge in [0.05, 0.1) is 5.22 Å². The molecule has 1 heterocycles. The van der Waals surface area contributed by atoms with E-state index in [2.05, 4.69) is 0 Å². The number of aliphatic hydroxyl groups is 1. The van der Waals surface area contributed by atoms with Crippen molar-refractivity contribution in [1.29, 1.82) is 0 Å². The van der Waals surface area contributed by atoms with Gasteiger partial charge in [0.2, 0.25) is 0 Å². The van der Waals surface area contributed by atoms with Crippen molar-refractivity contribution in [3.05, 3.63) is 35.9 Å². The minimum absolute atomic E-state index is 0.264. The fraction of sp³-hybridized carbons (Fsp3) is 0.500. The van der Waals surface area contributed by atoms with Gasteiger partial charge in [-0.05, 0) is 24.8 Å². The molecule has 1 saturated heterocycles. The molecular weight excluding hydrogens is 204 g/mol. The molecule has 3 heteroatoms. The highest BCUT2D eigenvalue weighted by Crippen LogP contribution is 2.33. The Hall–Kier alpha value is -0.643. The second-order valence-corrected chi connectivity index (χ2v) is 6.12. The van der Waals surface area contributed by atoms with Crippen molar-refractivity contribution in [1.82, 2.24) is 0 Å². The maximum atomic E-state index is 10.3. The molecule has 0 amide bonds. The van der Waals surface area contributed by atoms with Crippen LogP contribution in [0.5, 0.6) is 0 Å². The summed E-state index contributed by atoms with van der Waals surface area (Å²) in [5.41, 5.74) is 0.981. The largest absolute Gasteiger partial charge is 0.386 e. The summed E-state index contributed by atoms with van der Waals surface area (Å²) in [6, 6.07) is 9.85. The van der Waals surface area contributed by atoms with Crippen LogP contribution in [-0.2, 0) is 4.74 Å². The average Bonchev–Trinajstić information content (AvgIpc) is 2.30. The van der Waals surface area contributed by atoms with Gasteiger partial charge in [0.25, 0.3) is 0 Å². The zero-order chi connectivity index (χ0) is 10.7. The lowest BCUT2D eigenvalue weighted by molar-refractivity contribution is -0.0949. The van der Waals surface area contributed by atoms with E-state index in [4.69, 9.17) is 4.74 Å². The van der Waals surface area contributed by atoms with E-state index in [-0.39, 0.29) is 5.22 Å². The fourth-order valence-electron chi connectivity index (χ4n) is 2.16. The third-order valence-corrected chi connectivity index (χ3v) is 4.53. The van der Waals surface area contributed by atoms with Crippen LogP contribution in [0.3, 0.4) is 0 Å². The van der Waals surface area contributed by atoms with Crippen LogP contribution < -0.4 is 0 Å². The van der Waals surface area contributed by atoms with Crippen LogP contribution >= 0.6 is 0 Å². The standard InChI is InChI=1S/C12H18O2Si/c13-11(10-6-2-1-3-7-10)12(15)8-4-5-9-14-12/h1-3,6-7,11,13H,4-5,8-9H2,15H3. The minimum atomic E-state index is -0.453. The molecule has 0 aromatic heterocycles. The first-order valence-corrected chi connectivity index (χ1v) is 6.59. The molecule has 1 aromatic carbocycles. The smallest absolute Gasteiger partial charge is 0.104 e. The Morgan fingerprint density at radius 3 is 2.60 bits per heavy atom. The van der Waals surface area contributed by atoms with Gasteiger partial charge in [-0.15, -0.1) is 0 Å². The Morgan fingerprint density at radius 1 is 1.27 bits per heavy atom. The summed E-state index contributed by atoms with van der Waals surface area (Å²) in [6.07, 6.45) is 2.85. The van der Waals surface area contributed by atoms with Crippen LogP contribution in [0.25, 0.3) is 0 Å². The lowest BCUT2D eigenvalue weighted by atomic mass is 9.97. The second kappa shape index (κ2) is 4.47. The van der Waals surface area contributed by atoms with Crippen LogP contribution in [0.4, 0.5) is 0 Å². The van der Waals surface area contributed by atoms with Gasteiger partial charge in [0.1, 0.15) is 6.10 Å². The summed E-state index contributed by atoms with van der Waals surface area (Å²) in [4.78, 5) is 0. The zero-order valence-electron chi connectivity index (χ0n) is 9.15. The minimum Gasteiger partial charge on any atom is -0.386 e. The molecular formula is C12H18O2Si. The molecule has 2 atom stereocenters. The van der Waals surface area contributed by atoms with E-state index in [0.29, 0.717) is 0 Å². The number of benzene rings is 1. The Kier molecular flexibility index (Phi) is 3.24. The highest BCUT2D eigenvalue weighted by Gasteiger charge is 2.36. The molecule has 0 radical (unpaired) electrons. The monoisotopic (exact) mass is 222 g/mol. The molecule has 0 aliphatic carbocycles. The molecule has 2 unspecified atom stereocenters. The van der Waals surface area contributed by atoms with Crippen LogP contribution in [0.1, 0.15) is 30.9 Å². The fourth-order valence-corrected chi connectivity index (χ4v) is 3.05. The molecule has 0 spiro atoms. The summed E-state index contributed by atoms with van der Waals surface area (Å²) in [7, 11) is 0.876. The highest BCUT2D eigenvalue weighted by molar-refractivity contribution is 6.15.